The van der Waals surface area contributed by atoms with Crippen LogP contribution in [-0.2, 0) is 4.79 Å². The van der Waals surface area contributed by atoms with E-state index < -0.39 is 6.04 Å². The van der Waals surface area contributed by atoms with E-state index in [1.165, 1.54) is 0 Å². The van der Waals surface area contributed by atoms with Crippen LogP contribution < -0.4 is 10.2 Å². The molecule has 0 unspecified atom stereocenters. The summed E-state index contributed by atoms with van der Waals surface area (Å²) < 4.78 is 1.10. The van der Waals surface area contributed by atoms with Crippen LogP contribution in [0.1, 0.15) is 17.3 Å². The van der Waals surface area contributed by atoms with Crippen LogP contribution in [0.5, 0.6) is 0 Å². The number of halogens is 1. The highest BCUT2D eigenvalue weighted by Crippen LogP contribution is 2.38. The molecular weight excluding hydrogens is 427 g/mol. The largest absolute Gasteiger partial charge is 0.324 e. The van der Waals surface area contributed by atoms with E-state index in [4.69, 9.17) is 0 Å². The molecule has 1 aliphatic heterocycles. The number of anilines is 2. The lowest BCUT2D eigenvalue weighted by molar-refractivity contribution is -0.117. The van der Waals surface area contributed by atoms with Gasteiger partial charge in [-0.05, 0) is 71.3 Å². The summed E-state index contributed by atoms with van der Waals surface area (Å²) in [6.45, 7) is 1.75. The molecule has 4 rings (SSSR count). The molecule has 0 bridgehead atoms. The Bertz CT molecular complexity index is 993. The highest BCUT2D eigenvalue weighted by Gasteiger charge is 2.35. The molecule has 0 saturated heterocycles. The molecule has 25 heavy (non-hydrogen) atoms. The summed E-state index contributed by atoms with van der Waals surface area (Å²) in [4.78, 5) is 27.1. The minimum Gasteiger partial charge on any atom is -0.324 e. The van der Waals surface area contributed by atoms with Crippen LogP contribution in [-0.4, -0.2) is 17.9 Å². The van der Waals surface area contributed by atoms with Gasteiger partial charge in [0.05, 0.1) is 5.69 Å². The second kappa shape index (κ2) is 6.15. The van der Waals surface area contributed by atoms with E-state index in [0.717, 1.165) is 25.7 Å². The Labute approximate surface area is 159 Å². The van der Waals surface area contributed by atoms with Gasteiger partial charge >= 0.3 is 0 Å². The summed E-state index contributed by atoms with van der Waals surface area (Å²) >= 11 is 2.22. The van der Waals surface area contributed by atoms with E-state index in [1.807, 2.05) is 60.7 Å². The Morgan fingerprint density at radius 2 is 1.72 bits per heavy atom. The number of nitrogens with one attached hydrogen (secondary N) is 1. The highest BCUT2D eigenvalue weighted by molar-refractivity contribution is 14.1. The van der Waals surface area contributed by atoms with Crippen LogP contribution in [0.4, 0.5) is 11.4 Å². The molecule has 0 aromatic heterocycles. The van der Waals surface area contributed by atoms with Crippen LogP contribution in [0.15, 0.2) is 60.7 Å². The Morgan fingerprint density at radius 1 is 1.04 bits per heavy atom. The van der Waals surface area contributed by atoms with Gasteiger partial charge < -0.3 is 5.32 Å². The second-order valence-electron chi connectivity index (χ2n) is 6.03. The Balaban J connectivity index is 1.66. The van der Waals surface area contributed by atoms with E-state index in [9.17, 15) is 9.59 Å². The SMILES string of the molecule is C[C@@H](C(=O)Nc1ccc(I)cc1)N1C(=O)c2cccc3cccc1c23. The minimum absolute atomic E-state index is 0.128. The summed E-state index contributed by atoms with van der Waals surface area (Å²) in [5.41, 5.74) is 2.17. The number of nitrogens with zero attached hydrogens (tertiary/aromatic N) is 1. The van der Waals surface area contributed by atoms with Crippen molar-refractivity contribution in [3.63, 3.8) is 0 Å². The molecule has 0 fully saturated rings. The molecule has 124 valence electrons. The molecular formula is C20H15IN2O2. The molecule has 1 atom stereocenters. The molecule has 1 aliphatic rings. The third kappa shape index (κ3) is 2.68. The Morgan fingerprint density at radius 3 is 2.44 bits per heavy atom. The maximum Gasteiger partial charge on any atom is 0.259 e. The molecule has 0 saturated carbocycles. The van der Waals surface area contributed by atoms with Crippen LogP contribution >= 0.6 is 22.6 Å². The first kappa shape index (κ1) is 16.1. The zero-order chi connectivity index (χ0) is 17.6. The summed E-state index contributed by atoms with van der Waals surface area (Å²) in [5.74, 6) is -0.337. The van der Waals surface area contributed by atoms with Gasteiger partial charge in [-0.1, -0.05) is 24.3 Å². The highest BCUT2D eigenvalue weighted by atomic mass is 127. The Hall–Kier alpha value is -2.41. The van der Waals surface area contributed by atoms with Gasteiger partial charge in [0.2, 0.25) is 5.91 Å². The van der Waals surface area contributed by atoms with Crippen LogP contribution in [0.2, 0.25) is 0 Å². The lowest BCUT2D eigenvalue weighted by Crippen LogP contribution is -2.44. The molecule has 4 nitrogen and oxygen atoms in total. The van der Waals surface area contributed by atoms with E-state index in [0.29, 0.717) is 5.56 Å². The zero-order valence-corrected chi connectivity index (χ0v) is 15.7. The number of carbonyl (C=O) groups excluding carboxylic acids is 2. The molecule has 0 spiro atoms. The van der Waals surface area contributed by atoms with Crippen LogP contribution in [0.25, 0.3) is 10.8 Å². The number of amides is 2. The maximum absolute atomic E-state index is 12.9. The van der Waals surface area contributed by atoms with E-state index in [-0.39, 0.29) is 11.8 Å². The second-order valence-corrected chi connectivity index (χ2v) is 7.27. The normalized spacial score (nSPS) is 14.0. The van der Waals surface area contributed by atoms with E-state index in [2.05, 4.69) is 27.9 Å². The Kier molecular flexibility index (Phi) is 3.95. The van der Waals surface area contributed by atoms with Gasteiger partial charge in [-0.15, -0.1) is 0 Å². The third-order valence-corrected chi connectivity index (χ3v) is 5.19. The monoisotopic (exact) mass is 442 g/mol. The van der Waals surface area contributed by atoms with Gasteiger partial charge in [0.25, 0.3) is 5.91 Å². The minimum atomic E-state index is -0.607. The lowest BCUT2D eigenvalue weighted by Gasteiger charge is -2.24. The van der Waals surface area contributed by atoms with Crippen molar-refractivity contribution in [1.29, 1.82) is 0 Å². The molecule has 0 aliphatic carbocycles. The average Bonchev–Trinajstić information content (AvgIpc) is 2.91. The number of benzene rings is 3. The summed E-state index contributed by atoms with van der Waals surface area (Å²) in [7, 11) is 0. The van der Waals surface area contributed by atoms with E-state index in [1.54, 1.807) is 11.8 Å². The van der Waals surface area contributed by atoms with E-state index >= 15 is 0 Å². The predicted octanol–water partition coefficient (Wildman–Crippen LogP) is 4.43. The molecule has 0 radical (unpaired) electrons. The van der Waals surface area contributed by atoms with Crippen LogP contribution in [0.3, 0.4) is 0 Å². The molecule has 1 N–H and O–H groups in total. The lowest BCUT2D eigenvalue weighted by atomic mass is 10.1. The van der Waals surface area contributed by atoms with Gasteiger partial charge in [-0.3, -0.25) is 14.5 Å². The third-order valence-electron chi connectivity index (χ3n) is 4.47. The first-order valence-corrected chi connectivity index (χ1v) is 9.06. The van der Waals surface area contributed by atoms with Gasteiger partial charge in [0.1, 0.15) is 6.04 Å². The fourth-order valence-corrected chi connectivity index (χ4v) is 3.58. The summed E-state index contributed by atoms with van der Waals surface area (Å²) in [5, 5.41) is 4.82. The topological polar surface area (TPSA) is 49.4 Å². The fraction of sp³-hybridized carbons (Fsp3) is 0.100. The van der Waals surface area contributed by atoms with Crippen molar-refractivity contribution in [2.75, 3.05) is 10.2 Å². The molecule has 3 aromatic rings. The number of hydrogen-bond donors (Lipinski definition) is 1. The molecule has 5 heteroatoms. The first-order valence-electron chi connectivity index (χ1n) is 7.98. The van der Waals surface area contributed by atoms with Crippen molar-refractivity contribution in [2.24, 2.45) is 0 Å². The first-order chi connectivity index (χ1) is 12.1. The standard InChI is InChI=1S/C20H15IN2O2/c1-12(19(24)22-15-10-8-14(21)9-11-15)23-17-7-3-5-13-4-2-6-16(18(13)17)20(23)25/h2-12H,1H3,(H,22,24)/t12-/m0/s1. The van der Waals surface area contributed by atoms with Crippen molar-refractivity contribution in [3.05, 3.63) is 69.8 Å². The zero-order valence-electron chi connectivity index (χ0n) is 13.5. The number of hydrogen-bond acceptors (Lipinski definition) is 2. The van der Waals surface area contributed by atoms with Gasteiger partial charge in [-0.2, -0.15) is 0 Å². The van der Waals surface area contributed by atoms with Gasteiger partial charge in [0.15, 0.2) is 0 Å². The summed E-state index contributed by atoms with van der Waals surface area (Å²) in [6.07, 6.45) is 0. The quantitative estimate of drug-likeness (QED) is 0.611. The van der Waals surface area contributed by atoms with Gasteiger partial charge in [0, 0.05) is 20.2 Å². The van der Waals surface area contributed by atoms with Crippen molar-refractivity contribution in [1.82, 2.24) is 0 Å². The van der Waals surface area contributed by atoms with Crippen molar-refractivity contribution in [2.45, 2.75) is 13.0 Å². The fourth-order valence-electron chi connectivity index (χ4n) is 3.22. The molecule has 2 amide bonds. The average molecular weight is 442 g/mol. The smallest absolute Gasteiger partial charge is 0.259 e. The number of carbonyl (C=O) groups is 2. The van der Waals surface area contributed by atoms with Crippen molar-refractivity contribution < 1.29 is 9.59 Å². The van der Waals surface area contributed by atoms with Crippen LogP contribution in [0, 0.1) is 3.57 Å². The van der Waals surface area contributed by atoms with Gasteiger partial charge in [-0.25, -0.2) is 0 Å². The predicted molar refractivity (Wildman–Crippen MR) is 108 cm³/mol. The van der Waals surface area contributed by atoms with Crippen molar-refractivity contribution in [3.8, 4) is 0 Å². The molecule has 1 heterocycles. The maximum atomic E-state index is 12.9. The summed E-state index contributed by atoms with van der Waals surface area (Å²) in [6, 6.07) is 18.4. The number of rotatable bonds is 3. The van der Waals surface area contributed by atoms with Crippen molar-refractivity contribution >= 4 is 56.6 Å². The molecule has 3 aromatic carbocycles.